The van der Waals surface area contributed by atoms with Crippen molar-refractivity contribution in [2.45, 2.75) is 19.4 Å². The molecule has 1 unspecified atom stereocenters. The highest BCUT2D eigenvalue weighted by Crippen LogP contribution is 2.39. The number of nitrogens with zero attached hydrogens (tertiary/aromatic N) is 3. The summed E-state index contributed by atoms with van der Waals surface area (Å²) < 4.78 is 1.72. The van der Waals surface area contributed by atoms with Crippen LogP contribution in [0.5, 0.6) is 0 Å². The summed E-state index contributed by atoms with van der Waals surface area (Å²) in [7, 11) is 1.73. The molecule has 0 fully saturated rings. The number of nitro benzene ring substituents is 1. The van der Waals surface area contributed by atoms with Gasteiger partial charge in [0.25, 0.3) is 5.69 Å². The molecule has 3 rings (SSSR count). The number of hydrogen-bond donors (Lipinski definition) is 2. The Balaban J connectivity index is 2.39. The molecule has 134 valence electrons. The number of pyridine rings is 1. The molecule has 3 N–H and O–H groups in total. The van der Waals surface area contributed by atoms with Crippen molar-refractivity contribution in [3.05, 3.63) is 58.0 Å². The summed E-state index contributed by atoms with van der Waals surface area (Å²) in [5.74, 6) is -1.11. The number of carboxylic acid groups (broad SMARTS) is 1. The van der Waals surface area contributed by atoms with Crippen molar-refractivity contribution < 1.29 is 14.8 Å². The third-order valence-electron chi connectivity index (χ3n) is 4.66. The molecule has 0 spiro atoms. The number of carboxylic acids is 1. The molecule has 0 saturated heterocycles. The molecule has 26 heavy (non-hydrogen) atoms. The molecule has 1 atom stereocenters. The van der Waals surface area contributed by atoms with E-state index >= 15 is 0 Å². The smallest absolute Gasteiger partial charge is 0.320 e. The fraction of sp³-hybridized carbons (Fsp3) is 0.222. The minimum absolute atomic E-state index is 0.0291. The van der Waals surface area contributed by atoms with Gasteiger partial charge in [0.05, 0.1) is 4.92 Å². The molecule has 8 heteroatoms. The zero-order chi connectivity index (χ0) is 19.0. The summed E-state index contributed by atoms with van der Waals surface area (Å²) in [4.78, 5) is 26.3. The van der Waals surface area contributed by atoms with Crippen molar-refractivity contribution in [2.24, 2.45) is 12.8 Å². The summed E-state index contributed by atoms with van der Waals surface area (Å²) in [6.45, 7) is 1.81. The van der Waals surface area contributed by atoms with Gasteiger partial charge >= 0.3 is 5.97 Å². The fourth-order valence-electron chi connectivity index (χ4n) is 3.25. The van der Waals surface area contributed by atoms with Gasteiger partial charge in [-0.05, 0) is 41.8 Å². The summed E-state index contributed by atoms with van der Waals surface area (Å²) in [5, 5.41) is 21.4. The van der Waals surface area contributed by atoms with Crippen molar-refractivity contribution in [3.8, 4) is 11.1 Å². The molecule has 0 aliphatic rings. The number of non-ortho nitro benzene ring substituents is 1. The Morgan fingerprint density at radius 3 is 2.58 bits per heavy atom. The molecule has 1 aromatic carbocycles. The Kier molecular flexibility index (Phi) is 4.43. The van der Waals surface area contributed by atoms with Gasteiger partial charge in [0.15, 0.2) is 0 Å². The van der Waals surface area contributed by atoms with E-state index in [2.05, 4.69) is 4.98 Å². The number of benzene rings is 1. The number of aryl methyl sites for hydroxylation is 1. The van der Waals surface area contributed by atoms with Gasteiger partial charge < -0.3 is 15.4 Å². The molecule has 0 aliphatic carbocycles. The molecule has 0 saturated carbocycles. The highest BCUT2D eigenvalue weighted by Gasteiger charge is 2.26. The number of nitrogens with two attached hydrogens (primary N) is 1. The summed E-state index contributed by atoms with van der Waals surface area (Å²) >= 11 is 0. The first-order valence-corrected chi connectivity index (χ1v) is 7.97. The maximum Gasteiger partial charge on any atom is 0.320 e. The van der Waals surface area contributed by atoms with Gasteiger partial charge in [-0.2, -0.15) is 0 Å². The molecular formula is C18H18N4O4. The molecule has 0 aliphatic heterocycles. The normalized spacial score (nSPS) is 12.3. The molecule has 2 heterocycles. The molecule has 8 nitrogen and oxygen atoms in total. The standard InChI is InChI=1S/C18H18N4O4/c1-10-13(9-14(19)18(23)24)16-12(11-5-7-20-8-6-11)3-4-15(22(25)26)17(16)21(10)2/h3-8,14H,9,19H2,1-2H3,(H,23,24). The molecule has 0 radical (unpaired) electrons. The third kappa shape index (κ3) is 2.80. The van der Waals surface area contributed by atoms with Gasteiger partial charge in [0.1, 0.15) is 11.6 Å². The van der Waals surface area contributed by atoms with Crippen LogP contribution in [0.1, 0.15) is 11.3 Å². The Hall–Kier alpha value is -3.26. The van der Waals surface area contributed by atoms with E-state index in [1.165, 1.54) is 6.07 Å². The number of aromatic nitrogens is 2. The van der Waals surface area contributed by atoms with Crippen LogP contribution in [0, 0.1) is 17.0 Å². The number of nitro groups is 1. The molecule has 0 amide bonds. The Bertz CT molecular complexity index is 1010. The molecule has 0 bridgehead atoms. The first-order valence-electron chi connectivity index (χ1n) is 7.97. The summed E-state index contributed by atoms with van der Waals surface area (Å²) in [5.41, 5.74) is 9.25. The van der Waals surface area contributed by atoms with E-state index in [-0.39, 0.29) is 12.1 Å². The average molecular weight is 354 g/mol. The number of rotatable bonds is 5. The quantitative estimate of drug-likeness (QED) is 0.535. The molecule has 3 aromatic rings. The number of aliphatic carboxylic acids is 1. The van der Waals surface area contributed by atoms with E-state index in [1.54, 1.807) is 30.1 Å². The van der Waals surface area contributed by atoms with Crippen LogP contribution in [0.2, 0.25) is 0 Å². The lowest BCUT2D eigenvalue weighted by atomic mass is 9.95. The van der Waals surface area contributed by atoms with Gasteiger partial charge in [0, 0.05) is 43.0 Å². The Morgan fingerprint density at radius 1 is 1.35 bits per heavy atom. The monoisotopic (exact) mass is 354 g/mol. The average Bonchev–Trinajstić information content (AvgIpc) is 2.87. The van der Waals surface area contributed by atoms with Gasteiger partial charge in [-0.3, -0.25) is 19.9 Å². The predicted octanol–water partition coefficient (Wildman–Crippen LogP) is 2.41. The largest absolute Gasteiger partial charge is 0.480 e. The minimum Gasteiger partial charge on any atom is -0.480 e. The lowest BCUT2D eigenvalue weighted by Gasteiger charge is -2.10. The van der Waals surface area contributed by atoms with Gasteiger partial charge in [-0.1, -0.05) is 0 Å². The molecular weight excluding hydrogens is 336 g/mol. The third-order valence-corrected chi connectivity index (χ3v) is 4.66. The second-order valence-electron chi connectivity index (χ2n) is 6.12. The number of fused-ring (bicyclic) bond motifs is 1. The van der Waals surface area contributed by atoms with Crippen LogP contribution < -0.4 is 5.73 Å². The number of carbonyl (C=O) groups is 1. The van der Waals surface area contributed by atoms with Crippen LogP contribution in [-0.4, -0.2) is 31.6 Å². The van der Waals surface area contributed by atoms with Gasteiger partial charge in [0.2, 0.25) is 0 Å². The lowest BCUT2D eigenvalue weighted by Crippen LogP contribution is -2.32. The van der Waals surface area contributed by atoms with E-state index < -0.39 is 16.9 Å². The van der Waals surface area contributed by atoms with E-state index in [9.17, 15) is 20.0 Å². The predicted molar refractivity (Wildman–Crippen MR) is 96.9 cm³/mol. The topological polar surface area (TPSA) is 124 Å². The summed E-state index contributed by atoms with van der Waals surface area (Å²) in [6.07, 6.45) is 3.36. The van der Waals surface area contributed by atoms with E-state index in [1.807, 2.05) is 19.1 Å². The highest BCUT2D eigenvalue weighted by atomic mass is 16.6. The second kappa shape index (κ2) is 6.57. The van der Waals surface area contributed by atoms with Crippen LogP contribution in [0.4, 0.5) is 5.69 Å². The van der Waals surface area contributed by atoms with Crippen LogP contribution in [0.25, 0.3) is 22.0 Å². The highest BCUT2D eigenvalue weighted by molar-refractivity contribution is 6.03. The first kappa shape index (κ1) is 17.6. The van der Waals surface area contributed by atoms with Crippen molar-refractivity contribution in [2.75, 3.05) is 0 Å². The van der Waals surface area contributed by atoms with Crippen molar-refractivity contribution in [1.82, 2.24) is 9.55 Å². The lowest BCUT2D eigenvalue weighted by molar-refractivity contribution is -0.383. The zero-order valence-corrected chi connectivity index (χ0v) is 14.3. The first-order chi connectivity index (χ1) is 12.3. The van der Waals surface area contributed by atoms with Gasteiger partial charge in [-0.25, -0.2) is 0 Å². The van der Waals surface area contributed by atoms with Crippen LogP contribution >= 0.6 is 0 Å². The van der Waals surface area contributed by atoms with Gasteiger partial charge in [-0.15, -0.1) is 0 Å². The van der Waals surface area contributed by atoms with E-state index in [0.717, 1.165) is 16.8 Å². The van der Waals surface area contributed by atoms with E-state index in [4.69, 9.17) is 5.73 Å². The number of hydrogen-bond acceptors (Lipinski definition) is 5. The van der Waals surface area contributed by atoms with Crippen LogP contribution in [-0.2, 0) is 18.3 Å². The van der Waals surface area contributed by atoms with Crippen molar-refractivity contribution in [3.63, 3.8) is 0 Å². The van der Waals surface area contributed by atoms with Crippen molar-refractivity contribution >= 4 is 22.6 Å². The van der Waals surface area contributed by atoms with Crippen molar-refractivity contribution in [1.29, 1.82) is 0 Å². The van der Waals surface area contributed by atoms with Crippen LogP contribution in [0.3, 0.4) is 0 Å². The van der Waals surface area contributed by atoms with Crippen LogP contribution in [0.15, 0.2) is 36.7 Å². The fourth-order valence-corrected chi connectivity index (χ4v) is 3.25. The van der Waals surface area contributed by atoms with E-state index in [0.29, 0.717) is 16.5 Å². The molecule has 2 aromatic heterocycles. The minimum atomic E-state index is -1.11. The Labute approximate surface area is 149 Å². The summed E-state index contributed by atoms with van der Waals surface area (Å²) in [6, 6.07) is 5.68. The second-order valence-corrected chi connectivity index (χ2v) is 6.12. The maximum atomic E-state index is 11.5. The maximum absolute atomic E-state index is 11.5. The zero-order valence-electron chi connectivity index (χ0n) is 14.3. The Morgan fingerprint density at radius 2 is 2.00 bits per heavy atom. The SMILES string of the molecule is Cc1c(CC(N)C(=O)O)c2c(-c3ccncc3)ccc([N+](=O)[O-])c2n1C.